The standard InChI is InChI=1S/C17H28N2O2/c1-4-18(5-2)11-12-19-10-7-13-21-17-15(14-19)8-6-9-16(17)20-3/h6,8-9H,4-5,7,10-14H2,1-3H3. The third kappa shape index (κ3) is 4.35. The van der Waals surface area contributed by atoms with E-state index in [-0.39, 0.29) is 0 Å². The van der Waals surface area contributed by atoms with Crippen molar-refractivity contribution in [2.75, 3.05) is 46.4 Å². The minimum atomic E-state index is 0.759. The number of benzene rings is 1. The van der Waals surface area contributed by atoms with E-state index in [0.717, 1.165) is 63.8 Å². The van der Waals surface area contributed by atoms with Gasteiger partial charge in [0.2, 0.25) is 0 Å². The molecule has 1 aliphatic rings. The van der Waals surface area contributed by atoms with E-state index < -0.39 is 0 Å². The van der Waals surface area contributed by atoms with Crippen LogP contribution >= 0.6 is 0 Å². The molecular formula is C17H28N2O2. The summed E-state index contributed by atoms with van der Waals surface area (Å²) in [5.74, 6) is 1.77. The Balaban J connectivity index is 2.05. The number of ether oxygens (including phenoxy) is 2. The maximum atomic E-state index is 5.90. The predicted molar refractivity (Wildman–Crippen MR) is 86.2 cm³/mol. The van der Waals surface area contributed by atoms with Gasteiger partial charge < -0.3 is 14.4 Å². The predicted octanol–water partition coefficient (Wildman–Crippen LogP) is 2.62. The van der Waals surface area contributed by atoms with Crippen LogP contribution < -0.4 is 9.47 Å². The van der Waals surface area contributed by atoms with Crippen molar-refractivity contribution in [1.29, 1.82) is 0 Å². The number of rotatable bonds is 6. The van der Waals surface area contributed by atoms with Crippen LogP contribution in [0.15, 0.2) is 18.2 Å². The molecule has 21 heavy (non-hydrogen) atoms. The molecule has 4 nitrogen and oxygen atoms in total. The molecule has 0 aromatic heterocycles. The summed E-state index contributed by atoms with van der Waals surface area (Å²) in [6.45, 7) is 11.7. The first-order valence-corrected chi connectivity index (χ1v) is 8.01. The van der Waals surface area contributed by atoms with Crippen LogP contribution in [0.4, 0.5) is 0 Å². The highest BCUT2D eigenvalue weighted by molar-refractivity contribution is 5.46. The zero-order chi connectivity index (χ0) is 15.1. The van der Waals surface area contributed by atoms with Crippen molar-refractivity contribution in [2.24, 2.45) is 0 Å². The zero-order valence-electron chi connectivity index (χ0n) is 13.6. The van der Waals surface area contributed by atoms with Crippen molar-refractivity contribution in [3.05, 3.63) is 23.8 Å². The molecule has 2 rings (SSSR count). The van der Waals surface area contributed by atoms with Crippen molar-refractivity contribution < 1.29 is 9.47 Å². The summed E-state index contributed by atoms with van der Waals surface area (Å²) in [4.78, 5) is 5.00. The Morgan fingerprint density at radius 2 is 2.10 bits per heavy atom. The second-order valence-corrected chi connectivity index (χ2v) is 5.45. The number of hydrogen-bond acceptors (Lipinski definition) is 4. The Morgan fingerprint density at radius 3 is 2.81 bits per heavy atom. The molecule has 118 valence electrons. The molecule has 0 saturated heterocycles. The first-order chi connectivity index (χ1) is 10.3. The average Bonchev–Trinajstić information content (AvgIpc) is 2.49. The van der Waals surface area contributed by atoms with Gasteiger partial charge in [-0.1, -0.05) is 26.0 Å². The molecule has 0 unspecified atom stereocenters. The number of likely N-dealkylation sites (N-methyl/N-ethyl adjacent to an activating group) is 1. The number of methoxy groups -OCH3 is 1. The molecule has 1 aliphatic heterocycles. The molecule has 0 amide bonds. The molecule has 1 heterocycles. The van der Waals surface area contributed by atoms with Gasteiger partial charge in [-0.3, -0.25) is 4.90 Å². The molecule has 0 radical (unpaired) electrons. The molecule has 0 aliphatic carbocycles. The van der Waals surface area contributed by atoms with Crippen LogP contribution in [0.25, 0.3) is 0 Å². The largest absolute Gasteiger partial charge is 0.493 e. The van der Waals surface area contributed by atoms with Crippen molar-refractivity contribution in [1.82, 2.24) is 9.80 Å². The first-order valence-electron chi connectivity index (χ1n) is 8.01. The lowest BCUT2D eigenvalue weighted by Gasteiger charge is -2.29. The van der Waals surface area contributed by atoms with Gasteiger partial charge in [0.05, 0.1) is 13.7 Å². The molecule has 0 fully saturated rings. The number of fused-ring (bicyclic) bond motifs is 1. The van der Waals surface area contributed by atoms with E-state index in [2.05, 4.69) is 29.7 Å². The minimum Gasteiger partial charge on any atom is -0.493 e. The van der Waals surface area contributed by atoms with E-state index in [1.54, 1.807) is 7.11 Å². The van der Waals surface area contributed by atoms with E-state index in [0.29, 0.717) is 0 Å². The van der Waals surface area contributed by atoms with Crippen LogP contribution in [0.3, 0.4) is 0 Å². The Kier molecular flexibility index (Phi) is 6.33. The minimum absolute atomic E-state index is 0.759. The summed E-state index contributed by atoms with van der Waals surface area (Å²) < 4.78 is 11.3. The Labute approximate surface area is 128 Å². The number of nitrogens with zero attached hydrogens (tertiary/aromatic N) is 2. The molecule has 4 heteroatoms. The molecule has 0 spiro atoms. The van der Waals surface area contributed by atoms with Crippen LogP contribution in [0.1, 0.15) is 25.8 Å². The van der Waals surface area contributed by atoms with Crippen LogP contribution in [0.5, 0.6) is 11.5 Å². The fraction of sp³-hybridized carbons (Fsp3) is 0.647. The maximum Gasteiger partial charge on any atom is 0.165 e. The summed E-state index contributed by atoms with van der Waals surface area (Å²) in [6, 6.07) is 6.17. The van der Waals surface area contributed by atoms with Gasteiger partial charge in [-0.05, 0) is 25.6 Å². The Hall–Kier alpha value is -1.26. The first kappa shape index (κ1) is 16.1. The second-order valence-electron chi connectivity index (χ2n) is 5.45. The summed E-state index contributed by atoms with van der Waals surface area (Å²) >= 11 is 0. The monoisotopic (exact) mass is 292 g/mol. The lowest BCUT2D eigenvalue weighted by molar-refractivity contribution is 0.176. The molecule has 1 aromatic carbocycles. The van der Waals surface area contributed by atoms with E-state index in [1.165, 1.54) is 5.56 Å². The van der Waals surface area contributed by atoms with Crippen molar-refractivity contribution in [3.63, 3.8) is 0 Å². The number of para-hydroxylation sites is 1. The van der Waals surface area contributed by atoms with Gasteiger partial charge in [-0.2, -0.15) is 0 Å². The summed E-state index contributed by atoms with van der Waals surface area (Å²) in [6.07, 6.45) is 1.07. The Bertz CT molecular complexity index is 433. The van der Waals surface area contributed by atoms with Gasteiger partial charge in [-0.15, -0.1) is 0 Å². The normalized spacial score (nSPS) is 16.0. The van der Waals surface area contributed by atoms with E-state index in [4.69, 9.17) is 9.47 Å². The SMILES string of the molecule is CCN(CC)CCN1CCCOc2c(cccc2OC)C1. The summed E-state index contributed by atoms with van der Waals surface area (Å²) in [7, 11) is 1.70. The molecule has 1 aromatic rings. The van der Waals surface area contributed by atoms with Crippen molar-refractivity contribution in [2.45, 2.75) is 26.8 Å². The lowest BCUT2D eigenvalue weighted by Crippen LogP contribution is -2.36. The highest BCUT2D eigenvalue weighted by Crippen LogP contribution is 2.33. The van der Waals surface area contributed by atoms with Gasteiger partial charge >= 0.3 is 0 Å². The fourth-order valence-electron chi connectivity index (χ4n) is 2.81. The second kappa shape index (κ2) is 8.25. The fourth-order valence-corrected chi connectivity index (χ4v) is 2.81. The van der Waals surface area contributed by atoms with Gasteiger partial charge in [0.15, 0.2) is 11.5 Å². The third-order valence-electron chi connectivity index (χ3n) is 4.17. The quantitative estimate of drug-likeness (QED) is 0.805. The van der Waals surface area contributed by atoms with E-state index in [9.17, 15) is 0 Å². The van der Waals surface area contributed by atoms with E-state index >= 15 is 0 Å². The van der Waals surface area contributed by atoms with E-state index in [1.807, 2.05) is 12.1 Å². The van der Waals surface area contributed by atoms with Gasteiger partial charge in [-0.25, -0.2) is 0 Å². The lowest BCUT2D eigenvalue weighted by atomic mass is 10.1. The van der Waals surface area contributed by atoms with Gasteiger partial charge in [0.25, 0.3) is 0 Å². The molecule has 0 bridgehead atoms. The molecular weight excluding hydrogens is 264 g/mol. The smallest absolute Gasteiger partial charge is 0.165 e. The molecule has 0 atom stereocenters. The van der Waals surface area contributed by atoms with Crippen molar-refractivity contribution >= 4 is 0 Å². The van der Waals surface area contributed by atoms with Crippen LogP contribution in [-0.4, -0.2) is 56.2 Å². The Morgan fingerprint density at radius 1 is 1.29 bits per heavy atom. The molecule has 0 saturated carbocycles. The van der Waals surface area contributed by atoms with Crippen molar-refractivity contribution in [3.8, 4) is 11.5 Å². The molecule has 0 N–H and O–H groups in total. The maximum absolute atomic E-state index is 5.90. The average molecular weight is 292 g/mol. The zero-order valence-corrected chi connectivity index (χ0v) is 13.6. The third-order valence-corrected chi connectivity index (χ3v) is 4.17. The summed E-state index contributed by atoms with van der Waals surface area (Å²) in [5, 5.41) is 0. The topological polar surface area (TPSA) is 24.9 Å². The van der Waals surface area contributed by atoms with Crippen LogP contribution in [-0.2, 0) is 6.54 Å². The summed E-state index contributed by atoms with van der Waals surface area (Å²) in [5.41, 5.74) is 1.23. The number of hydrogen-bond donors (Lipinski definition) is 0. The highest BCUT2D eigenvalue weighted by atomic mass is 16.5. The van der Waals surface area contributed by atoms with Gasteiger partial charge in [0, 0.05) is 31.7 Å². The van der Waals surface area contributed by atoms with Crippen LogP contribution in [0, 0.1) is 0 Å². The van der Waals surface area contributed by atoms with Gasteiger partial charge in [0.1, 0.15) is 0 Å². The van der Waals surface area contributed by atoms with Crippen LogP contribution in [0.2, 0.25) is 0 Å². The highest BCUT2D eigenvalue weighted by Gasteiger charge is 2.17.